The van der Waals surface area contributed by atoms with Crippen molar-refractivity contribution in [1.29, 1.82) is 0 Å². The van der Waals surface area contributed by atoms with Crippen molar-refractivity contribution in [3.63, 3.8) is 0 Å². The van der Waals surface area contributed by atoms with Gasteiger partial charge in [-0.3, -0.25) is 4.79 Å². The number of alkyl halides is 1. The van der Waals surface area contributed by atoms with E-state index < -0.39 is 5.38 Å². The smallest absolute Gasteiger partial charge is 0.237 e. The van der Waals surface area contributed by atoms with Gasteiger partial charge < -0.3 is 5.32 Å². The molecule has 0 radical (unpaired) electrons. The first-order valence-corrected chi connectivity index (χ1v) is 5.32. The number of aromatic nitrogens is 1. The summed E-state index contributed by atoms with van der Waals surface area (Å²) >= 11 is 7.15. The van der Waals surface area contributed by atoms with Crippen LogP contribution in [0.1, 0.15) is 11.9 Å². The van der Waals surface area contributed by atoms with Crippen molar-refractivity contribution < 1.29 is 4.79 Å². The summed E-state index contributed by atoms with van der Waals surface area (Å²) in [6.45, 7) is 2.25. The van der Waals surface area contributed by atoms with Crippen LogP contribution >= 0.6 is 22.9 Å². The van der Waals surface area contributed by atoms with Gasteiger partial charge in [0.25, 0.3) is 0 Å². The number of carbonyl (C=O) groups excluding carboxylic acids is 1. The molecule has 0 aliphatic heterocycles. The van der Waals surface area contributed by atoms with Gasteiger partial charge in [-0.25, -0.2) is 4.98 Å². The Hall–Kier alpha value is -0.610. The summed E-state index contributed by atoms with van der Waals surface area (Å²) < 4.78 is 0. The molecule has 0 saturated carbocycles. The minimum absolute atomic E-state index is 0.127. The Morgan fingerprint density at radius 2 is 2.62 bits per heavy atom. The number of amides is 1. The molecule has 1 unspecified atom stereocenters. The highest BCUT2D eigenvalue weighted by molar-refractivity contribution is 7.09. The molecule has 0 fully saturated rings. The Morgan fingerprint density at radius 3 is 3.15 bits per heavy atom. The summed E-state index contributed by atoms with van der Waals surface area (Å²) in [5, 5.41) is 5.20. The maximum absolute atomic E-state index is 11.0. The van der Waals surface area contributed by atoms with Crippen LogP contribution in [0, 0.1) is 0 Å². The quantitative estimate of drug-likeness (QED) is 0.777. The monoisotopic (exact) mass is 218 g/mol. The van der Waals surface area contributed by atoms with Gasteiger partial charge in [-0.1, -0.05) is 0 Å². The Morgan fingerprint density at radius 1 is 1.85 bits per heavy atom. The molecule has 1 amide bonds. The molecular weight excluding hydrogens is 208 g/mol. The second kappa shape index (κ2) is 5.19. The van der Waals surface area contributed by atoms with Gasteiger partial charge in [-0.2, -0.15) is 0 Å². The van der Waals surface area contributed by atoms with E-state index in [1.54, 1.807) is 24.5 Å². The first-order valence-electron chi connectivity index (χ1n) is 4.00. The first kappa shape index (κ1) is 10.5. The molecule has 1 rings (SSSR count). The molecule has 1 heterocycles. The van der Waals surface area contributed by atoms with Gasteiger partial charge >= 0.3 is 0 Å². The Labute approximate surface area is 86.1 Å². The number of halogens is 1. The molecule has 0 aromatic carbocycles. The van der Waals surface area contributed by atoms with Crippen molar-refractivity contribution in [3.8, 4) is 0 Å². The van der Waals surface area contributed by atoms with Gasteiger partial charge in [0.15, 0.2) is 0 Å². The number of hydrogen-bond donors (Lipinski definition) is 1. The number of hydrogen-bond acceptors (Lipinski definition) is 3. The number of rotatable bonds is 4. The van der Waals surface area contributed by atoms with Gasteiger partial charge in [0.2, 0.25) is 5.91 Å². The molecule has 1 atom stereocenters. The van der Waals surface area contributed by atoms with Crippen LogP contribution in [0.25, 0.3) is 0 Å². The first-order chi connectivity index (χ1) is 6.20. The molecular formula is C8H11ClN2OS. The summed E-state index contributed by atoms with van der Waals surface area (Å²) in [7, 11) is 0. The molecule has 0 aliphatic rings. The number of nitrogens with zero attached hydrogens (tertiary/aromatic N) is 1. The maximum Gasteiger partial charge on any atom is 0.237 e. The SMILES string of the molecule is CC(Cl)C(=O)NCCc1nccs1. The van der Waals surface area contributed by atoms with Crippen LogP contribution < -0.4 is 5.32 Å². The molecule has 3 nitrogen and oxygen atoms in total. The van der Waals surface area contributed by atoms with E-state index in [9.17, 15) is 4.79 Å². The van der Waals surface area contributed by atoms with Gasteiger partial charge in [-0.15, -0.1) is 22.9 Å². The second-order valence-corrected chi connectivity index (χ2v) is 4.22. The highest BCUT2D eigenvalue weighted by atomic mass is 35.5. The van der Waals surface area contributed by atoms with Crippen molar-refractivity contribution in [1.82, 2.24) is 10.3 Å². The minimum Gasteiger partial charge on any atom is -0.354 e. The zero-order valence-electron chi connectivity index (χ0n) is 7.29. The maximum atomic E-state index is 11.0. The lowest BCUT2D eigenvalue weighted by molar-refractivity contribution is -0.120. The van der Waals surface area contributed by atoms with Crippen LogP contribution in [0.4, 0.5) is 0 Å². The number of carbonyl (C=O) groups is 1. The molecule has 72 valence electrons. The van der Waals surface area contributed by atoms with Crippen LogP contribution in [0.3, 0.4) is 0 Å². The highest BCUT2D eigenvalue weighted by Crippen LogP contribution is 2.03. The van der Waals surface area contributed by atoms with Crippen molar-refractivity contribution in [2.24, 2.45) is 0 Å². The molecule has 1 aromatic rings. The van der Waals surface area contributed by atoms with Gasteiger partial charge in [0.05, 0.1) is 5.01 Å². The van der Waals surface area contributed by atoms with E-state index in [-0.39, 0.29) is 5.91 Å². The van der Waals surface area contributed by atoms with Crippen LogP contribution in [0.5, 0.6) is 0 Å². The van der Waals surface area contributed by atoms with E-state index in [1.165, 1.54) is 0 Å². The molecule has 5 heteroatoms. The van der Waals surface area contributed by atoms with Crippen LogP contribution in [0.15, 0.2) is 11.6 Å². The Balaban J connectivity index is 2.18. The fourth-order valence-electron chi connectivity index (χ4n) is 0.810. The third kappa shape index (κ3) is 3.74. The topological polar surface area (TPSA) is 42.0 Å². The van der Waals surface area contributed by atoms with Crippen LogP contribution in [-0.2, 0) is 11.2 Å². The lowest BCUT2D eigenvalue weighted by Crippen LogP contribution is -2.31. The molecule has 0 spiro atoms. The lowest BCUT2D eigenvalue weighted by Gasteiger charge is -2.04. The zero-order valence-corrected chi connectivity index (χ0v) is 8.86. The van der Waals surface area contributed by atoms with Crippen molar-refractivity contribution >= 4 is 28.8 Å². The lowest BCUT2D eigenvalue weighted by atomic mass is 10.4. The normalized spacial score (nSPS) is 12.5. The third-order valence-corrected chi connectivity index (χ3v) is 2.52. The van der Waals surface area contributed by atoms with Crippen LogP contribution in [0.2, 0.25) is 0 Å². The highest BCUT2D eigenvalue weighted by Gasteiger charge is 2.07. The molecule has 13 heavy (non-hydrogen) atoms. The van der Waals surface area contributed by atoms with Crippen LogP contribution in [-0.4, -0.2) is 22.8 Å². The average Bonchev–Trinajstić information content (AvgIpc) is 2.56. The fourth-order valence-corrected chi connectivity index (χ4v) is 1.51. The van der Waals surface area contributed by atoms with E-state index >= 15 is 0 Å². The van der Waals surface area contributed by atoms with Gasteiger partial charge in [0, 0.05) is 24.5 Å². The predicted octanol–water partition coefficient (Wildman–Crippen LogP) is 1.43. The summed E-state index contributed by atoms with van der Waals surface area (Å²) in [6, 6.07) is 0. The molecule has 0 aliphatic carbocycles. The summed E-state index contributed by atoms with van der Waals surface area (Å²) in [5.41, 5.74) is 0. The minimum atomic E-state index is -0.462. The fraction of sp³-hybridized carbons (Fsp3) is 0.500. The molecule has 0 saturated heterocycles. The third-order valence-electron chi connectivity index (χ3n) is 1.48. The average molecular weight is 219 g/mol. The standard InChI is InChI=1S/C8H11ClN2OS/c1-6(9)8(12)11-3-2-7-10-4-5-13-7/h4-6H,2-3H2,1H3,(H,11,12). The largest absolute Gasteiger partial charge is 0.354 e. The van der Waals surface area contributed by atoms with Crippen molar-refractivity contribution in [2.45, 2.75) is 18.7 Å². The molecule has 1 N–H and O–H groups in total. The van der Waals surface area contributed by atoms with Gasteiger partial charge in [0.1, 0.15) is 5.38 Å². The molecule has 1 aromatic heterocycles. The molecule has 0 bridgehead atoms. The van der Waals surface area contributed by atoms with E-state index in [1.807, 2.05) is 5.38 Å². The number of nitrogens with one attached hydrogen (secondary N) is 1. The summed E-state index contributed by atoms with van der Waals surface area (Å²) in [5.74, 6) is -0.127. The Kier molecular flexibility index (Phi) is 4.18. The zero-order chi connectivity index (χ0) is 9.68. The Bertz CT molecular complexity index is 261. The van der Waals surface area contributed by atoms with E-state index in [0.717, 1.165) is 11.4 Å². The van der Waals surface area contributed by atoms with E-state index in [0.29, 0.717) is 6.54 Å². The van der Waals surface area contributed by atoms with Crippen molar-refractivity contribution in [3.05, 3.63) is 16.6 Å². The van der Waals surface area contributed by atoms with E-state index in [2.05, 4.69) is 10.3 Å². The van der Waals surface area contributed by atoms with Crippen molar-refractivity contribution in [2.75, 3.05) is 6.54 Å². The predicted molar refractivity (Wildman–Crippen MR) is 54.1 cm³/mol. The second-order valence-electron chi connectivity index (χ2n) is 2.58. The van der Waals surface area contributed by atoms with Gasteiger partial charge in [-0.05, 0) is 6.92 Å². The summed E-state index contributed by atoms with van der Waals surface area (Å²) in [6.07, 6.45) is 2.53. The summed E-state index contributed by atoms with van der Waals surface area (Å²) in [4.78, 5) is 15.1. The van der Waals surface area contributed by atoms with E-state index in [4.69, 9.17) is 11.6 Å². The number of thiazole rings is 1.